The zero-order valence-corrected chi connectivity index (χ0v) is 14.0. The molecule has 0 saturated carbocycles. The van der Waals surface area contributed by atoms with Crippen LogP contribution in [0.15, 0.2) is 47.0 Å². The van der Waals surface area contributed by atoms with Crippen LogP contribution in [0.2, 0.25) is 0 Å². The second-order valence-electron chi connectivity index (χ2n) is 5.57. The highest BCUT2D eigenvalue weighted by atomic mass is 19.4. The lowest BCUT2D eigenvalue weighted by molar-refractivity contribution is -0.138. The van der Waals surface area contributed by atoms with Gasteiger partial charge in [-0.05, 0) is 23.8 Å². The first-order chi connectivity index (χ1) is 12.9. The molecule has 2 N–H and O–H groups in total. The van der Waals surface area contributed by atoms with Crippen molar-refractivity contribution >= 4 is 0 Å². The highest BCUT2D eigenvalue weighted by Gasteiger charge is 2.35. The maximum atomic E-state index is 13.3. The first kappa shape index (κ1) is 18.8. The van der Waals surface area contributed by atoms with Gasteiger partial charge in [-0.25, -0.2) is 4.39 Å². The lowest BCUT2D eigenvalue weighted by atomic mass is 10.1. The molecule has 5 nitrogen and oxygen atoms in total. The predicted octanol–water partition coefficient (Wildman–Crippen LogP) is 4.23. The zero-order valence-electron chi connectivity index (χ0n) is 14.0. The summed E-state index contributed by atoms with van der Waals surface area (Å²) in [6.45, 7) is -0.976. The van der Waals surface area contributed by atoms with Crippen LogP contribution in [0.4, 0.5) is 17.6 Å². The minimum absolute atomic E-state index is 0.0737. The summed E-state index contributed by atoms with van der Waals surface area (Å²) in [6, 6.07) is 10.4. The Morgan fingerprint density at radius 1 is 1.04 bits per heavy atom. The average molecular weight is 381 g/mol. The van der Waals surface area contributed by atoms with E-state index in [9.17, 15) is 17.6 Å². The summed E-state index contributed by atoms with van der Waals surface area (Å²) in [5.41, 5.74) is 6.13. The van der Waals surface area contributed by atoms with E-state index in [0.29, 0.717) is 12.1 Å². The molecule has 0 bridgehead atoms. The van der Waals surface area contributed by atoms with Crippen molar-refractivity contribution in [3.63, 3.8) is 0 Å². The number of nitrogens with two attached hydrogens (primary N) is 1. The Bertz CT molecular complexity index is 908. The van der Waals surface area contributed by atoms with Crippen LogP contribution in [0.25, 0.3) is 22.8 Å². The molecule has 27 heavy (non-hydrogen) atoms. The van der Waals surface area contributed by atoms with Crippen molar-refractivity contribution in [2.24, 2.45) is 5.73 Å². The van der Waals surface area contributed by atoms with Gasteiger partial charge in [0.2, 0.25) is 5.82 Å². The van der Waals surface area contributed by atoms with Crippen molar-refractivity contribution in [1.29, 1.82) is 0 Å². The van der Waals surface area contributed by atoms with E-state index in [1.54, 1.807) is 24.3 Å². The van der Waals surface area contributed by atoms with E-state index in [0.717, 1.165) is 17.7 Å². The van der Waals surface area contributed by atoms with Crippen LogP contribution in [0, 0.1) is 0 Å². The molecule has 3 aromatic rings. The molecule has 0 spiro atoms. The SMILES string of the molecule is NCc1ccc(-c2noc(-c3ccc(OCCF)c(C(F)(F)F)c3)n2)cc1. The molecule has 0 aliphatic heterocycles. The number of rotatable bonds is 6. The minimum Gasteiger partial charge on any atom is -0.490 e. The van der Waals surface area contributed by atoms with E-state index in [1.807, 2.05) is 0 Å². The van der Waals surface area contributed by atoms with Crippen molar-refractivity contribution in [3.05, 3.63) is 53.6 Å². The molecule has 142 valence electrons. The molecular weight excluding hydrogens is 366 g/mol. The maximum Gasteiger partial charge on any atom is 0.419 e. The molecule has 3 rings (SSSR count). The second-order valence-corrected chi connectivity index (χ2v) is 5.57. The summed E-state index contributed by atoms with van der Waals surface area (Å²) in [6.07, 6.45) is -4.68. The fourth-order valence-corrected chi connectivity index (χ4v) is 2.41. The summed E-state index contributed by atoms with van der Waals surface area (Å²) < 4.78 is 61.9. The monoisotopic (exact) mass is 381 g/mol. The molecule has 0 aliphatic carbocycles. The maximum absolute atomic E-state index is 13.3. The van der Waals surface area contributed by atoms with Crippen molar-refractivity contribution in [2.45, 2.75) is 12.7 Å². The Balaban J connectivity index is 1.93. The van der Waals surface area contributed by atoms with Crippen molar-refractivity contribution in [3.8, 4) is 28.6 Å². The molecule has 0 saturated heterocycles. The number of hydrogen-bond acceptors (Lipinski definition) is 5. The molecule has 0 radical (unpaired) electrons. The molecule has 0 fully saturated rings. The predicted molar refractivity (Wildman–Crippen MR) is 89.5 cm³/mol. The Hall–Kier alpha value is -2.94. The number of benzene rings is 2. The Morgan fingerprint density at radius 3 is 2.37 bits per heavy atom. The number of ether oxygens (including phenoxy) is 1. The molecule has 1 heterocycles. The molecular formula is C18H15F4N3O2. The number of alkyl halides is 4. The average Bonchev–Trinajstić information content (AvgIpc) is 3.15. The van der Waals surface area contributed by atoms with Gasteiger partial charge in [0.15, 0.2) is 0 Å². The normalized spacial score (nSPS) is 11.6. The summed E-state index contributed by atoms with van der Waals surface area (Å²) in [7, 11) is 0. The quantitative estimate of drug-likeness (QED) is 0.647. The summed E-state index contributed by atoms with van der Waals surface area (Å²) in [5.74, 6) is -0.295. The van der Waals surface area contributed by atoms with E-state index in [4.69, 9.17) is 15.0 Å². The van der Waals surface area contributed by atoms with Crippen molar-refractivity contribution in [1.82, 2.24) is 10.1 Å². The van der Waals surface area contributed by atoms with Crippen LogP contribution in [0.5, 0.6) is 5.75 Å². The lowest BCUT2D eigenvalue weighted by Gasteiger charge is -2.13. The molecule has 0 aliphatic rings. The van der Waals surface area contributed by atoms with Gasteiger partial charge in [-0.2, -0.15) is 18.2 Å². The standard InChI is InChI=1S/C18H15F4N3O2/c19-7-8-26-15-6-5-13(9-14(15)18(20,21)22)17-24-16(25-27-17)12-3-1-11(10-23)2-4-12/h1-6,9H,7-8,10,23H2. The number of nitrogens with zero attached hydrogens (tertiary/aromatic N) is 2. The molecule has 0 unspecified atom stereocenters. The molecule has 1 aromatic heterocycles. The third kappa shape index (κ3) is 4.25. The smallest absolute Gasteiger partial charge is 0.419 e. The third-order valence-corrected chi connectivity index (χ3v) is 3.74. The highest BCUT2D eigenvalue weighted by molar-refractivity contribution is 5.62. The van der Waals surface area contributed by atoms with E-state index in [2.05, 4.69) is 10.1 Å². The van der Waals surface area contributed by atoms with Gasteiger partial charge in [0.05, 0.1) is 5.56 Å². The summed E-state index contributed by atoms with van der Waals surface area (Å²) in [5, 5.41) is 3.80. The van der Waals surface area contributed by atoms with Gasteiger partial charge in [-0.1, -0.05) is 29.4 Å². The van der Waals surface area contributed by atoms with Crippen molar-refractivity contribution in [2.75, 3.05) is 13.3 Å². The molecule has 9 heteroatoms. The molecule has 0 amide bonds. The van der Waals surface area contributed by atoms with Gasteiger partial charge >= 0.3 is 6.18 Å². The van der Waals surface area contributed by atoms with Crippen molar-refractivity contribution < 1.29 is 26.8 Å². The van der Waals surface area contributed by atoms with Crippen LogP contribution in [0.3, 0.4) is 0 Å². The fraction of sp³-hybridized carbons (Fsp3) is 0.222. The van der Waals surface area contributed by atoms with Gasteiger partial charge in [0.25, 0.3) is 5.89 Å². The van der Waals surface area contributed by atoms with Gasteiger partial charge < -0.3 is 15.0 Å². The van der Waals surface area contributed by atoms with Crippen LogP contribution in [0.1, 0.15) is 11.1 Å². The van der Waals surface area contributed by atoms with E-state index in [1.165, 1.54) is 6.07 Å². The summed E-state index contributed by atoms with van der Waals surface area (Å²) >= 11 is 0. The minimum atomic E-state index is -4.68. The number of hydrogen-bond donors (Lipinski definition) is 1. The summed E-state index contributed by atoms with van der Waals surface area (Å²) in [4.78, 5) is 4.14. The highest BCUT2D eigenvalue weighted by Crippen LogP contribution is 2.38. The fourth-order valence-electron chi connectivity index (χ4n) is 2.41. The Labute approximate surface area is 151 Å². The van der Waals surface area contributed by atoms with E-state index >= 15 is 0 Å². The van der Waals surface area contributed by atoms with Gasteiger partial charge in [-0.15, -0.1) is 0 Å². The molecule has 0 atom stereocenters. The van der Waals surface area contributed by atoms with Gasteiger partial charge in [0.1, 0.15) is 19.0 Å². The third-order valence-electron chi connectivity index (χ3n) is 3.74. The Kier molecular flexibility index (Phi) is 5.41. The van der Waals surface area contributed by atoms with E-state index in [-0.39, 0.29) is 17.3 Å². The first-order valence-corrected chi connectivity index (χ1v) is 7.96. The van der Waals surface area contributed by atoms with Gasteiger partial charge in [-0.3, -0.25) is 0 Å². The van der Waals surface area contributed by atoms with Crippen LogP contribution < -0.4 is 10.5 Å². The molecule has 2 aromatic carbocycles. The lowest BCUT2D eigenvalue weighted by Crippen LogP contribution is -2.10. The second kappa shape index (κ2) is 7.75. The van der Waals surface area contributed by atoms with Gasteiger partial charge in [0, 0.05) is 17.7 Å². The zero-order chi connectivity index (χ0) is 19.4. The number of halogens is 4. The largest absolute Gasteiger partial charge is 0.490 e. The Morgan fingerprint density at radius 2 is 1.74 bits per heavy atom. The topological polar surface area (TPSA) is 74.2 Å². The number of aromatic nitrogens is 2. The van der Waals surface area contributed by atoms with Crippen LogP contribution in [-0.2, 0) is 12.7 Å². The first-order valence-electron chi connectivity index (χ1n) is 7.96. The van der Waals surface area contributed by atoms with Crippen LogP contribution in [-0.4, -0.2) is 23.4 Å². The van der Waals surface area contributed by atoms with E-state index < -0.39 is 30.8 Å². The van der Waals surface area contributed by atoms with Crippen LogP contribution >= 0.6 is 0 Å².